The Morgan fingerprint density at radius 3 is 2.50 bits per heavy atom. The quantitative estimate of drug-likeness (QED) is 0.364. The molecular weight excluding hydrogens is 358 g/mol. The Labute approximate surface area is 163 Å². The monoisotopic (exact) mass is 381 g/mol. The second-order valence-electron chi connectivity index (χ2n) is 6.34. The number of hydrogen-bond acceptors (Lipinski definition) is 6. The molecule has 6 nitrogen and oxygen atoms in total. The number of benzene rings is 2. The van der Waals surface area contributed by atoms with Gasteiger partial charge in [0.05, 0.1) is 20.0 Å². The average Bonchev–Trinajstić information content (AvgIpc) is 3.21. The van der Waals surface area contributed by atoms with Gasteiger partial charge in [0.2, 0.25) is 0 Å². The molecule has 2 unspecified atom stereocenters. The summed E-state index contributed by atoms with van der Waals surface area (Å²) >= 11 is 0. The first-order valence-electron chi connectivity index (χ1n) is 9.11. The van der Waals surface area contributed by atoms with Crippen LogP contribution >= 0.6 is 0 Å². The van der Waals surface area contributed by atoms with Crippen LogP contribution in [-0.4, -0.2) is 32.0 Å². The van der Waals surface area contributed by atoms with Crippen molar-refractivity contribution in [1.82, 2.24) is 0 Å². The van der Waals surface area contributed by atoms with Crippen LogP contribution in [0.5, 0.6) is 5.75 Å². The minimum absolute atomic E-state index is 0.107. The minimum Gasteiger partial charge on any atom is -0.497 e. The Bertz CT molecular complexity index is 960. The highest BCUT2D eigenvalue weighted by atomic mass is 16.5. The van der Waals surface area contributed by atoms with Crippen LogP contribution in [0.4, 0.5) is 0 Å². The third-order valence-corrected chi connectivity index (χ3v) is 4.78. The maximum atomic E-state index is 13.3. The molecule has 0 amide bonds. The fourth-order valence-corrected chi connectivity index (χ4v) is 3.40. The van der Waals surface area contributed by atoms with Crippen molar-refractivity contribution in [2.24, 2.45) is 11.7 Å². The Morgan fingerprint density at radius 1 is 1.11 bits per heavy atom. The SMILES string of the molecule is CCOC(=O)C(C(=O)c1ccc(OC)cc1)C(CN)c1cccc2occc12. The smallest absolute Gasteiger partial charge is 0.317 e. The molecule has 0 spiro atoms. The summed E-state index contributed by atoms with van der Waals surface area (Å²) in [7, 11) is 1.55. The average molecular weight is 381 g/mol. The molecule has 146 valence electrons. The van der Waals surface area contributed by atoms with Gasteiger partial charge in [0.1, 0.15) is 17.3 Å². The number of rotatable bonds is 8. The standard InChI is InChI=1S/C22H23NO5/c1-3-27-22(25)20(21(24)14-7-9-15(26-2)10-8-14)18(13-23)16-5-4-6-19-17(16)11-12-28-19/h4-12,18,20H,3,13,23H2,1-2H3. The van der Waals surface area contributed by atoms with Gasteiger partial charge in [-0.1, -0.05) is 12.1 Å². The van der Waals surface area contributed by atoms with Gasteiger partial charge in [-0.15, -0.1) is 0 Å². The first-order chi connectivity index (χ1) is 13.6. The predicted octanol–water partition coefficient (Wildman–Crippen LogP) is 3.55. The summed E-state index contributed by atoms with van der Waals surface area (Å²) in [4.78, 5) is 26.1. The maximum absolute atomic E-state index is 13.3. The van der Waals surface area contributed by atoms with Crippen molar-refractivity contribution in [2.45, 2.75) is 12.8 Å². The maximum Gasteiger partial charge on any atom is 0.317 e. The highest BCUT2D eigenvalue weighted by Gasteiger charge is 2.37. The van der Waals surface area contributed by atoms with E-state index in [1.165, 1.54) is 0 Å². The first kappa shape index (κ1) is 19.6. The van der Waals surface area contributed by atoms with E-state index in [9.17, 15) is 9.59 Å². The molecule has 0 fully saturated rings. The number of esters is 1. The zero-order valence-electron chi connectivity index (χ0n) is 15.9. The normalized spacial score (nSPS) is 13.1. The number of nitrogens with two attached hydrogens (primary N) is 1. The Balaban J connectivity index is 2.05. The summed E-state index contributed by atoms with van der Waals surface area (Å²) in [5.41, 5.74) is 7.91. The van der Waals surface area contributed by atoms with Crippen LogP contribution in [0.2, 0.25) is 0 Å². The van der Waals surface area contributed by atoms with E-state index in [4.69, 9.17) is 19.6 Å². The molecule has 1 aromatic heterocycles. The van der Waals surface area contributed by atoms with Gasteiger partial charge in [-0.2, -0.15) is 0 Å². The molecule has 2 atom stereocenters. The molecule has 0 aliphatic rings. The minimum atomic E-state index is -1.06. The molecule has 0 saturated carbocycles. The summed E-state index contributed by atoms with van der Waals surface area (Å²) in [5, 5.41) is 0.828. The van der Waals surface area contributed by atoms with E-state index in [0.29, 0.717) is 16.9 Å². The molecule has 2 N–H and O–H groups in total. The number of ether oxygens (including phenoxy) is 2. The van der Waals surface area contributed by atoms with E-state index in [2.05, 4.69) is 0 Å². The number of furan rings is 1. The number of carbonyl (C=O) groups is 2. The van der Waals surface area contributed by atoms with E-state index in [-0.39, 0.29) is 18.9 Å². The fraction of sp³-hybridized carbons (Fsp3) is 0.273. The van der Waals surface area contributed by atoms with Gasteiger partial charge >= 0.3 is 5.97 Å². The number of ketones is 1. The van der Waals surface area contributed by atoms with Crippen molar-refractivity contribution in [3.63, 3.8) is 0 Å². The molecule has 3 rings (SSSR count). The lowest BCUT2D eigenvalue weighted by Gasteiger charge is -2.24. The second kappa shape index (κ2) is 8.71. The number of carbonyl (C=O) groups excluding carboxylic acids is 2. The van der Waals surface area contributed by atoms with Gasteiger partial charge in [0.25, 0.3) is 0 Å². The lowest BCUT2D eigenvalue weighted by atomic mass is 9.80. The van der Waals surface area contributed by atoms with Gasteiger partial charge in [0.15, 0.2) is 5.78 Å². The largest absolute Gasteiger partial charge is 0.497 e. The van der Waals surface area contributed by atoms with Crippen molar-refractivity contribution < 1.29 is 23.5 Å². The van der Waals surface area contributed by atoms with Gasteiger partial charge < -0.3 is 19.6 Å². The van der Waals surface area contributed by atoms with Crippen LogP contribution in [0.25, 0.3) is 11.0 Å². The molecule has 3 aromatic rings. The Kier molecular flexibility index (Phi) is 6.11. The molecule has 0 saturated heterocycles. The molecule has 28 heavy (non-hydrogen) atoms. The summed E-state index contributed by atoms with van der Waals surface area (Å²) in [6, 6.07) is 14.0. The highest BCUT2D eigenvalue weighted by molar-refractivity contribution is 6.09. The molecule has 1 heterocycles. The zero-order valence-corrected chi connectivity index (χ0v) is 15.9. The number of hydrogen-bond donors (Lipinski definition) is 1. The zero-order chi connectivity index (χ0) is 20.1. The number of fused-ring (bicyclic) bond motifs is 1. The van der Waals surface area contributed by atoms with Gasteiger partial charge in [-0.3, -0.25) is 9.59 Å². The van der Waals surface area contributed by atoms with Crippen LogP contribution in [0, 0.1) is 5.92 Å². The summed E-state index contributed by atoms with van der Waals surface area (Å²) in [6.07, 6.45) is 1.58. The molecule has 0 radical (unpaired) electrons. The Morgan fingerprint density at radius 2 is 1.86 bits per heavy atom. The van der Waals surface area contributed by atoms with Crippen LogP contribution in [0.1, 0.15) is 28.8 Å². The number of methoxy groups -OCH3 is 1. The van der Waals surface area contributed by atoms with Crippen molar-refractivity contribution in [3.8, 4) is 5.75 Å². The van der Waals surface area contributed by atoms with E-state index in [0.717, 1.165) is 10.9 Å². The third kappa shape index (κ3) is 3.77. The highest BCUT2D eigenvalue weighted by Crippen LogP contribution is 2.33. The summed E-state index contributed by atoms with van der Waals surface area (Å²) in [5.74, 6) is -1.90. The van der Waals surface area contributed by atoms with Crippen LogP contribution in [0.3, 0.4) is 0 Å². The van der Waals surface area contributed by atoms with Gasteiger partial charge in [-0.05, 0) is 48.9 Å². The van der Waals surface area contributed by atoms with Crippen molar-refractivity contribution in [1.29, 1.82) is 0 Å². The van der Waals surface area contributed by atoms with E-state index >= 15 is 0 Å². The third-order valence-electron chi connectivity index (χ3n) is 4.78. The lowest BCUT2D eigenvalue weighted by Crippen LogP contribution is -2.35. The second-order valence-corrected chi connectivity index (χ2v) is 6.34. The molecule has 6 heteroatoms. The molecular formula is C22H23NO5. The summed E-state index contributed by atoms with van der Waals surface area (Å²) in [6.45, 7) is 2.00. The Hall–Kier alpha value is -3.12. The number of Topliss-reactive ketones (excluding diaryl/α,β-unsaturated/α-hetero) is 1. The summed E-state index contributed by atoms with van der Waals surface area (Å²) < 4.78 is 15.8. The van der Waals surface area contributed by atoms with Crippen LogP contribution in [-0.2, 0) is 9.53 Å². The van der Waals surface area contributed by atoms with Gasteiger partial charge in [0, 0.05) is 23.4 Å². The topological polar surface area (TPSA) is 91.8 Å². The van der Waals surface area contributed by atoms with Crippen molar-refractivity contribution in [3.05, 3.63) is 65.9 Å². The lowest BCUT2D eigenvalue weighted by molar-refractivity contribution is -0.146. The van der Waals surface area contributed by atoms with Crippen LogP contribution < -0.4 is 10.5 Å². The molecule has 2 aromatic carbocycles. The van der Waals surface area contributed by atoms with Crippen molar-refractivity contribution >= 4 is 22.7 Å². The first-order valence-corrected chi connectivity index (χ1v) is 9.11. The molecule has 0 aliphatic heterocycles. The van der Waals surface area contributed by atoms with Crippen LogP contribution in [0.15, 0.2) is 59.2 Å². The van der Waals surface area contributed by atoms with Gasteiger partial charge in [-0.25, -0.2) is 0 Å². The molecule has 0 aliphatic carbocycles. The van der Waals surface area contributed by atoms with Crippen molar-refractivity contribution in [2.75, 3.05) is 20.3 Å². The predicted molar refractivity (Wildman–Crippen MR) is 105 cm³/mol. The molecule has 0 bridgehead atoms. The van der Waals surface area contributed by atoms with E-state index in [1.54, 1.807) is 44.6 Å². The van der Waals surface area contributed by atoms with E-state index in [1.807, 2.05) is 24.3 Å². The fourth-order valence-electron chi connectivity index (χ4n) is 3.40. The van der Waals surface area contributed by atoms with E-state index < -0.39 is 17.8 Å².